The van der Waals surface area contributed by atoms with Crippen molar-refractivity contribution in [2.45, 2.75) is 31.7 Å². The number of aliphatic hydroxyl groups is 1. The first-order valence-corrected chi connectivity index (χ1v) is 7.71. The van der Waals surface area contributed by atoms with Gasteiger partial charge in [0.1, 0.15) is 11.6 Å². The Morgan fingerprint density at radius 2 is 2.17 bits per heavy atom. The molecule has 1 aromatic heterocycles. The van der Waals surface area contributed by atoms with E-state index in [1.54, 1.807) is 19.2 Å². The summed E-state index contributed by atoms with van der Waals surface area (Å²) in [6.45, 7) is 1.62. The van der Waals surface area contributed by atoms with Crippen LogP contribution in [0, 0.1) is 6.92 Å². The maximum Gasteiger partial charge on any atom is 0.321 e. The number of fused-ring (bicyclic) bond motifs is 1. The topological polar surface area (TPSA) is 87.1 Å². The fourth-order valence-electron chi connectivity index (χ4n) is 3.14. The molecule has 0 aliphatic heterocycles. The first kappa shape index (κ1) is 15.4. The highest BCUT2D eigenvalue weighted by Crippen LogP contribution is 2.35. The van der Waals surface area contributed by atoms with Gasteiger partial charge < -0.3 is 10.4 Å². The Bertz CT molecular complexity index is 719. The summed E-state index contributed by atoms with van der Waals surface area (Å²) < 4.78 is 0. The van der Waals surface area contributed by atoms with Crippen molar-refractivity contribution in [1.29, 1.82) is 0 Å². The zero-order chi connectivity index (χ0) is 16.3. The highest BCUT2D eigenvalue weighted by molar-refractivity contribution is 5.89. The lowest BCUT2D eigenvalue weighted by Crippen LogP contribution is -2.52. The van der Waals surface area contributed by atoms with E-state index in [1.807, 2.05) is 24.3 Å². The minimum atomic E-state index is -0.749. The Kier molecular flexibility index (Phi) is 4.25. The van der Waals surface area contributed by atoms with E-state index in [4.69, 9.17) is 0 Å². The van der Waals surface area contributed by atoms with Crippen LogP contribution in [0.25, 0.3) is 0 Å². The van der Waals surface area contributed by atoms with Gasteiger partial charge in [0.15, 0.2) is 0 Å². The van der Waals surface area contributed by atoms with E-state index in [-0.39, 0.29) is 12.6 Å². The molecule has 1 aliphatic rings. The van der Waals surface area contributed by atoms with Crippen molar-refractivity contribution in [3.8, 4) is 0 Å². The van der Waals surface area contributed by atoms with Gasteiger partial charge in [0.2, 0.25) is 0 Å². The summed E-state index contributed by atoms with van der Waals surface area (Å²) in [4.78, 5) is 20.5. The maximum atomic E-state index is 12.4. The molecule has 23 heavy (non-hydrogen) atoms. The molecule has 0 saturated carbocycles. The van der Waals surface area contributed by atoms with E-state index in [9.17, 15) is 9.90 Å². The molecule has 2 aromatic rings. The summed E-state index contributed by atoms with van der Waals surface area (Å²) in [5.74, 6) is 1.02. The van der Waals surface area contributed by atoms with E-state index in [0.717, 1.165) is 18.4 Å². The minimum absolute atomic E-state index is 0.139. The average Bonchev–Trinajstić information content (AvgIpc) is 2.55. The molecule has 0 radical (unpaired) electrons. The summed E-state index contributed by atoms with van der Waals surface area (Å²) in [5.41, 5.74) is 1.41. The SMILES string of the molecule is Cc1nccc(NC(=O)NC2(CO)CCCc3ccccc32)n1. The molecule has 120 valence electrons. The van der Waals surface area contributed by atoms with Gasteiger partial charge in [-0.1, -0.05) is 24.3 Å². The molecule has 2 amide bonds. The maximum absolute atomic E-state index is 12.4. The number of amides is 2. The largest absolute Gasteiger partial charge is 0.394 e. The van der Waals surface area contributed by atoms with Crippen LogP contribution >= 0.6 is 0 Å². The lowest BCUT2D eigenvalue weighted by atomic mass is 9.77. The monoisotopic (exact) mass is 312 g/mol. The highest BCUT2D eigenvalue weighted by atomic mass is 16.3. The van der Waals surface area contributed by atoms with Crippen molar-refractivity contribution < 1.29 is 9.90 Å². The number of hydrogen-bond donors (Lipinski definition) is 3. The predicted octanol–water partition coefficient (Wildman–Crippen LogP) is 2.13. The number of urea groups is 1. The predicted molar refractivity (Wildman–Crippen MR) is 87.1 cm³/mol. The van der Waals surface area contributed by atoms with Crippen LogP contribution in [0.2, 0.25) is 0 Å². The number of hydrogen-bond acceptors (Lipinski definition) is 4. The van der Waals surface area contributed by atoms with E-state index < -0.39 is 5.54 Å². The van der Waals surface area contributed by atoms with Gasteiger partial charge in [-0.25, -0.2) is 14.8 Å². The third-order valence-corrected chi connectivity index (χ3v) is 4.22. The molecule has 0 fully saturated rings. The number of carbonyl (C=O) groups excluding carboxylic acids is 1. The number of rotatable bonds is 3. The number of carbonyl (C=O) groups is 1. The number of aryl methyl sites for hydroxylation is 2. The van der Waals surface area contributed by atoms with Crippen LogP contribution in [-0.4, -0.2) is 27.7 Å². The van der Waals surface area contributed by atoms with Crippen LogP contribution < -0.4 is 10.6 Å². The third kappa shape index (κ3) is 3.17. The van der Waals surface area contributed by atoms with Crippen molar-refractivity contribution in [3.05, 3.63) is 53.5 Å². The van der Waals surface area contributed by atoms with Gasteiger partial charge in [-0.05, 0) is 43.4 Å². The second-order valence-electron chi connectivity index (χ2n) is 5.82. The molecular weight excluding hydrogens is 292 g/mol. The van der Waals surface area contributed by atoms with Gasteiger partial charge in [-0.3, -0.25) is 5.32 Å². The van der Waals surface area contributed by atoms with Crippen molar-refractivity contribution in [1.82, 2.24) is 15.3 Å². The fraction of sp³-hybridized carbons (Fsp3) is 0.353. The van der Waals surface area contributed by atoms with E-state index >= 15 is 0 Å². The van der Waals surface area contributed by atoms with Gasteiger partial charge in [-0.2, -0.15) is 0 Å². The molecule has 1 atom stereocenters. The summed E-state index contributed by atoms with van der Waals surface area (Å²) in [6.07, 6.45) is 4.18. The van der Waals surface area contributed by atoms with Gasteiger partial charge in [0, 0.05) is 6.20 Å². The van der Waals surface area contributed by atoms with Crippen molar-refractivity contribution in [3.63, 3.8) is 0 Å². The molecule has 0 spiro atoms. The summed E-state index contributed by atoms with van der Waals surface area (Å²) in [7, 11) is 0. The molecule has 3 N–H and O–H groups in total. The molecule has 1 aromatic carbocycles. The lowest BCUT2D eigenvalue weighted by Gasteiger charge is -2.38. The van der Waals surface area contributed by atoms with Gasteiger partial charge in [-0.15, -0.1) is 0 Å². The third-order valence-electron chi connectivity index (χ3n) is 4.22. The number of nitrogens with one attached hydrogen (secondary N) is 2. The number of aliphatic hydroxyl groups excluding tert-OH is 1. The van der Waals surface area contributed by atoms with Crippen molar-refractivity contribution in [2.75, 3.05) is 11.9 Å². The summed E-state index contributed by atoms with van der Waals surface area (Å²) >= 11 is 0. The van der Waals surface area contributed by atoms with Gasteiger partial charge in [0.25, 0.3) is 0 Å². The second-order valence-corrected chi connectivity index (χ2v) is 5.82. The number of anilines is 1. The smallest absolute Gasteiger partial charge is 0.321 e. The van der Waals surface area contributed by atoms with Crippen LogP contribution in [0.15, 0.2) is 36.5 Å². The van der Waals surface area contributed by atoms with Crippen LogP contribution in [0.5, 0.6) is 0 Å². The lowest BCUT2D eigenvalue weighted by molar-refractivity contribution is 0.147. The van der Waals surface area contributed by atoms with E-state index in [0.29, 0.717) is 18.1 Å². The highest BCUT2D eigenvalue weighted by Gasteiger charge is 2.37. The first-order chi connectivity index (χ1) is 11.1. The standard InChI is InChI=1S/C17H20N4O2/c1-12-18-10-8-15(19-12)20-16(23)21-17(11-22)9-4-6-13-5-2-3-7-14(13)17/h2-3,5,7-8,10,22H,4,6,9,11H2,1H3,(H2,18,19,20,21,23). The molecule has 6 nitrogen and oxygen atoms in total. The zero-order valence-corrected chi connectivity index (χ0v) is 13.0. The molecular formula is C17H20N4O2. The molecule has 0 saturated heterocycles. The second kappa shape index (κ2) is 6.34. The molecule has 1 heterocycles. The fourth-order valence-corrected chi connectivity index (χ4v) is 3.14. The molecule has 0 bridgehead atoms. The van der Waals surface area contributed by atoms with E-state index in [1.165, 1.54) is 5.56 Å². The summed E-state index contributed by atoms with van der Waals surface area (Å²) in [6, 6.07) is 9.19. The number of aromatic nitrogens is 2. The van der Waals surface area contributed by atoms with Crippen molar-refractivity contribution >= 4 is 11.8 Å². The summed E-state index contributed by atoms with van der Waals surface area (Å²) in [5, 5.41) is 15.6. The van der Waals surface area contributed by atoms with Crippen LogP contribution in [0.3, 0.4) is 0 Å². The Hall–Kier alpha value is -2.47. The van der Waals surface area contributed by atoms with Crippen LogP contribution in [-0.2, 0) is 12.0 Å². The van der Waals surface area contributed by atoms with Gasteiger partial charge >= 0.3 is 6.03 Å². The average molecular weight is 312 g/mol. The van der Waals surface area contributed by atoms with Crippen LogP contribution in [0.4, 0.5) is 10.6 Å². The molecule has 6 heteroatoms. The normalized spacial score (nSPS) is 19.7. The van der Waals surface area contributed by atoms with Crippen molar-refractivity contribution in [2.24, 2.45) is 0 Å². The number of benzene rings is 1. The minimum Gasteiger partial charge on any atom is -0.394 e. The Balaban J connectivity index is 1.81. The van der Waals surface area contributed by atoms with Gasteiger partial charge in [0.05, 0.1) is 12.1 Å². The Labute approximate surface area is 135 Å². The molecule has 1 unspecified atom stereocenters. The quantitative estimate of drug-likeness (QED) is 0.810. The Morgan fingerprint density at radius 1 is 1.35 bits per heavy atom. The Morgan fingerprint density at radius 3 is 2.96 bits per heavy atom. The number of nitrogens with zero attached hydrogens (tertiary/aromatic N) is 2. The van der Waals surface area contributed by atoms with Crippen LogP contribution in [0.1, 0.15) is 29.8 Å². The first-order valence-electron chi connectivity index (χ1n) is 7.71. The molecule has 1 aliphatic carbocycles. The van der Waals surface area contributed by atoms with E-state index in [2.05, 4.69) is 20.6 Å². The zero-order valence-electron chi connectivity index (χ0n) is 13.0. The molecule has 3 rings (SSSR count).